The molecule has 0 N–H and O–H groups in total. The van der Waals surface area contributed by atoms with Crippen molar-refractivity contribution < 1.29 is 13.7 Å². The van der Waals surface area contributed by atoms with E-state index in [0.717, 1.165) is 29.8 Å². The molecule has 0 unspecified atom stereocenters. The lowest BCUT2D eigenvalue weighted by Crippen LogP contribution is -2.21. The zero-order valence-electron chi connectivity index (χ0n) is 15.5. The smallest absolute Gasteiger partial charge is 0.258 e. The lowest BCUT2D eigenvalue weighted by atomic mass is 9.81. The number of allylic oxidation sites excluding steroid dienone is 1. The van der Waals surface area contributed by atoms with Gasteiger partial charge in [-0.3, -0.25) is 0 Å². The van der Waals surface area contributed by atoms with Crippen molar-refractivity contribution in [2.75, 3.05) is 0 Å². The van der Waals surface area contributed by atoms with Gasteiger partial charge < -0.3 is 9.26 Å². The van der Waals surface area contributed by atoms with Crippen molar-refractivity contribution in [2.24, 2.45) is 0 Å². The van der Waals surface area contributed by atoms with E-state index in [-0.39, 0.29) is 11.0 Å². The third kappa shape index (κ3) is 2.90. The first-order valence-corrected chi connectivity index (χ1v) is 9.64. The lowest BCUT2D eigenvalue weighted by molar-refractivity contribution is 0.421. The largest absolute Gasteiger partial charge is 0.457 e. The van der Waals surface area contributed by atoms with Gasteiger partial charge in [-0.25, -0.2) is 4.39 Å². The second-order valence-electron chi connectivity index (χ2n) is 7.87. The van der Waals surface area contributed by atoms with E-state index in [2.05, 4.69) is 24.0 Å². The van der Waals surface area contributed by atoms with Gasteiger partial charge in [0.05, 0.1) is 10.6 Å². The van der Waals surface area contributed by atoms with Gasteiger partial charge in [-0.2, -0.15) is 4.98 Å². The van der Waals surface area contributed by atoms with Gasteiger partial charge in [0, 0.05) is 22.5 Å². The number of rotatable bonds is 3. The molecule has 3 aromatic rings. The van der Waals surface area contributed by atoms with Crippen LogP contribution in [0.25, 0.3) is 17.2 Å². The lowest BCUT2D eigenvalue weighted by Gasteiger charge is -2.31. The first-order valence-electron chi connectivity index (χ1n) is 9.26. The first kappa shape index (κ1) is 17.4. The van der Waals surface area contributed by atoms with Crippen molar-refractivity contribution in [1.82, 2.24) is 10.1 Å². The first-order chi connectivity index (χ1) is 13.4. The average Bonchev–Trinajstić information content (AvgIpc) is 3.37. The van der Waals surface area contributed by atoms with Crippen LogP contribution >= 0.6 is 11.6 Å². The van der Waals surface area contributed by atoms with Crippen LogP contribution in [-0.4, -0.2) is 10.1 Å². The fraction of sp³-hybridized carbons (Fsp3) is 0.273. The van der Waals surface area contributed by atoms with Crippen LogP contribution in [0.15, 0.2) is 47.0 Å². The van der Waals surface area contributed by atoms with E-state index in [1.54, 1.807) is 12.1 Å². The number of ether oxygens (including phenoxy) is 1. The van der Waals surface area contributed by atoms with Crippen LogP contribution in [0.1, 0.15) is 49.6 Å². The standard InChI is InChI=1S/C22H18ClFN2O2/c1-22(2)11-18(19-15(23)4-3-5-16(19)24)27-17-10-13(8-9-14(17)22)21-25-20(26-28-21)12-6-7-12/h3-5,8-12H,6-7H2,1-2H3. The number of nitrogens with zero attached hydrogens (tertiary/aromatic N) is 2. The zero-order valence-corrected chi connectivity index (χ0v) is 16.3. The molecular formula is C22H18ClFN2O2. The van der Waals surface area contributed by atoms with Crippen LogP contribution in [0.5, 0.6) is 5.75 Å². The summed E-state index contributed by atoms with van der Waals surface area (Å²) in [5.41, 5.74) is 1.67. The van der Waals surface area contributed by atoms with Crippen LogP contribution in [-0.2, 0) is 5.41 Å². The minimum absolute atomic E-state index is 0.266. The summed E-state index contributed by atoms with van der Waals surface area (Å²) in [4.78, 5) is 4.50. The molecule has 0 bridgehead atoms. The van der Waals surface area contributed by atoms with Crippen LogP contribution in [0.4, 0.5) is 4.39 Å². The topological polar surface area (TPSA) is 48.2 Å². The Balaban J connectivity index is 1.56. The van der Waals surface area contributed by atoms with Crippen molar-refractivity contribution in [3.63, 3.8) is 0 Å². The van der Waals surface area contributed by atoms with Crippen molar-refractivity contribution in [3.05, 3.63) is 70.3 Å². The molecule has 1 aliphatic carbocycles. The van der Waals surface area contributed by atoms with E-state index in [9.17, 15) is 4.39 Å². The Kier molecular flexibility index (Phi) is 3.85. The third-order valence-corrected chi connectivity index (χ3v) is 5.54. The molecule has 142 valence electrons. The van der Waals surface area contributed by atoms with E-state index in [4.69, 9.17) is 20.9 Å². The molecule has 2 aliphatic rings. The monoisotopic (exact) mass is 396 g/mol. The number of hydrogen-bond acceptors (Lipinski definition) is 4. The molecular weight excluding hydrogens is 379 g/mol. The Hall–Kier alpha value is -2.66. The Morgan fingerprint density at radius 1 is 1.18 bits per heavy atom. The fourth-order valence-corrected chi connectivity index (χ4v) is 3.80. The summed E-state index contributed by atoms with van der Waals surface area (Å²) in [7, 11) is 0. The highest BCUT2D eigenvalue weighted by atomic mass is 35.5. The maximum Gasteiger partial charge on any atom is 0.258 e. The zero-order chi connectivity index (χ0) is 19.5. The van der Waals surface area contributed by atoms with Gasteiger partial charge in [-0.05, 0) is 43.2 Å². The second-order valence-corrected chi connectivity index (χ2v) is 8.28. The van der Waals surface area contributed by atoms with Crippen molar-refractivity contribution in [3.8, 4) is 17.2 Å². The molecule has 1 saturated carbocycles. The van der Waals surface area contributed by atoms with E-state index < -0.39 is 5.82 Å². The molecule has 4 nitrogen and oxygen atoms in total. The van der Waals surface area contributed by atoms with Gasteiger partial charge in [-0.15, -0.1) is 0 Å². The van der Waals surface area contributed by atoms with Crippen molar-refractivity contribution >= 4 is 17.4 Å². The molecule has 6 heteroatoms. The van der Waals surface area contributed by atoms with Gasteiger partial charge >= 0.3 is 0 Å². The highest BCUT2D eigenvalue weighted by molar-refractivity contribution is 6.32. The predicted molar refractivity (Wildman–Crippen MR) is 105 cm³/mol. The Morgan fingerprint density at radius 2 is 2.00 bits per heavy atom. The summed E-state index contributed by atoms with van der Waals surface area (Å²) in [6.07, 6.45) is 4.12. The molecule has 1 fully saturated rings. The summed E-state index contributed by atoms with van der Waals surface area (Å²) in [5.74, 6) is 2.26. The molecule has 5 rings (SSSR count). The predicted octanol–water partition coefficient (Wildman–Crippen LogP) is 6.12. The summed E-state index contributed by atoms with van der Waals surface area (Å²) in [5, 5.41) is 4.39. The van der Waals surface area contributed by atoms with Crippen molar-refractivity contribution in [1.29, 1.82) is 0 Å². The quantitative estimate of drug-likeness (QED) is 0.535. The highest BCUT2D eigenvalue weighted by Gasteiger charge is 2.32. The Morgan fingerprint density at radius 3 is 2.75 bits per heavy atom. The molecule has 0 atom stereocenters. The number of aromatic nitrogens is 2. The maximum atomic E-state index is 14.5. The molecule has 0 amide bonds. The molecule has 28 heavy (non-hydrogen) atoms. The molecule has 1 aliphatic heterocycles. The number of fused-ring (bicyclic) bond motifs is 1. The van der Waals surface area contributed by atoms with Crippen molar-refractivity contribution in [2.45, 2.75) is 38.0 Å². The highest BCUT2D eigenvalue weighted by Crippen LogP contribution is 2.44. The summed E-state index contributed by atoms with van der Waals surface area (Å²) in [6.45, 7) is 4.11. The van der Waals surface area contributed by atoms with Crippen LogP contribution in [0, 0.1) is 5.82 Å². The minimum atomic E-state index is -0.417. The van der Waals surface area contributed by atoms with E-state index >= 15 is 0 Å². The van der Waals surface area contributed by atoms with E-state index in [1.807, 2.05) is 24.3 Å². The van der Waals surface area contributed by atoms with Crippen LogP contribution in [0.2, 0.25) is 5.02 Å². The van der Waals surface area contributed by atoms with Crippen LogP contribution < -0.4 is 4.74 Å². The molecule has 0 saturated heterocycles. The fourth-order valence-electron chi connectivity index (χ4n) is 3.54. The number of hydrogen-bond donors (Lipinski definition) is 0. The van der Waals surface area contributed by atoms with Gasteiger partial charge in [-0.1, -0.05) is 42.7 Å². The van der Waals surface area contributed by atoms with Gasteiger partial charge in [0.2, 0.25) is 0 Å². The van der Waals surface area contributed by atoms with Gasteiger partial charge in [0.25, 0.3) is 5.89 Å². The molecule has 2 heterocycles. The van der Waals surface area contributed by atoms with Crippen LogP contribution in [0.3, 0.4) is 0 Å². The second kappa shape index (κ2) is 6.17. The van der Waals surface area contributed by atoms with Gasteiger partial charge in [0.15, 0.2) is 5.82 Å². The molecule has 0 radical (unpaired) electrons. The van der Waals surface area contributed by atoms with Gasteiger partial charge in [0.1, 0.15) is 17.3 Å². The minimum Gasteiger partial charge on any atom is -0.457 e. The maximum absolute atomic E-state index is 14.5. The Bertz CT molecular complexity index is 1100. The summed E-state index contributed by atoms with van der Waals surface area (Å²) < 4.78 is 26.0. The average molecular weight is 397 g/mol. The molecule has 1 aromatic heterocycles. The molecule has 0 spiro atoms. The van der Waals surface area contributed by atoms with E-state index in [1.165, 1.54) is 6.07 Å². The number of halogens is 2. The molecule has 2 aromatic carbocycles. The van der Waals surface area contributed by atoms with E-state index in [0.29, 0.717) is 28.3 Å². The SMILES string of the molecule is CC1(C)C=C(c2c(F)cccc2Cl)Oc2cc(-c3nc(C4CC4)no3)ccc21. The summed E-state index contributed by atoms with van der Waals surface area (Å²) >= 11 is 6.25. The number of benzene rings is 2. The summed E-state index contributed by atoms with van der Waals surface area (Å²) in [6, 6.07) is 10.4. The Labute approximate surface area is 167 Å². The third-order valence-electron chi connectivity index (χ3n) is 5.23. The normalized spacial score (nSPS) is 17.6.